The maximum absolute atomic E-state index is 13.7. The molecule has 178 valence electrons. The number of rotatable bonds is 7. The summed E-state index contributed by atoms with van der Waals surface area (Å²) in [6, 6.07) is 20.6. The standard InChI is InChI=1S/C27H26N4O4/c1-18-7-11-20(12-8-18)28-24(33)17-27(30-26(35)29-21-13-9-19(2)10-14-21)22-5-3-4-6-23(22)31(15-16-32)25(27)34/h3-14,16H,15,17H2,1-2H3,(H,28,33)(H2,29,30,35). The maximum atomic E-state index is 13.7. The number of benzene rings is 3. The van der Waals surface area contributed by atoms with Gasteiger partial charge in [-0.15, -0.1) is 0 Å². The van der Waals surface area contributed by atoms with E-state index in [-0.39, 0.29) is 13.0 Å². The third kappa shape index (κ3) is 4.91. The molecule has 1 aliphatic rings. The highest BCUT2D eigenvalue weighted by Crippen LogP contribution is 2.42. The summed E-state index contributed by atoms with van der Waals surface area (Å²) >= 11 is 0. The smallest absolute Gasteiger partial charge is 0.320 e. The number of carbonyl (C=O) groups excluding carboxylic acids is 4. The van der Waals surface area contributed by atoms with E-state index in [1.54, 1.807) is 48.5 Å². The SMILES string of the molecule is Cc1ccc(NC(=O)CC2(NC(=O)Nc3ccc(C)cc3)C(=O)N(CC=O)c3ccccc32)cc1. The third-order valence-corrected chi connectivity index (χ3v) is 5.92. The lowest BCUT2D eigenvalue weighted by Gasteiger charge is -2.29. The van der Waals surface area contributed by atoms with Crippen molar-refractivity contribution in [2.45, 2.75) is 25.8 Å². The number of nitrogens with one attached hydrogen (secondary N) is 3. The van der Waals surface area contributed by atoms with Crippen LogP contribution in [0.1, 0.15) is 23.1 Å². The van der Waals surface area contributed by atoms with E-state index in [0.717, 1.165) is 11.1 Å². The van der Waals surface area contributed by atoms with Crippen LogP contribution in [0.5, 0.6) is 0 Å². The Labute approximate surface area is 203 Å². The van der Waals surface area contributed by atoms with Crippen molar-refractivity contribution in [3.05, 3.63) is 89.5 Å². The summed E-state index contributed by atoms with van der Waals surface area (Å²) < 4.78 is 0. The molecule has 8 heteroatoms. The van der Waals surface area contributed by atoms with Crippen molar-refractivity contribution in [1.29, 1.82) is 0 Å². The van der Waals surface area contributed by atoms with E-state index in [0.29, 0.717) is 28.9 Å². The largest absolute Gasteiger partial charge is 0.326 e. The number of amides is 4. The zero-order valence-corrected chi connectivity index (χ0v) is 19.5. The summed E-state index contributed by atoms with van der Waals surface area (Å²) in [4.78, 5) is 52.5. The molecular formula is C27H26N4O4. The van der Waals surface area contributed by atoms with Crippen LogP contribution in [0, 0.1) is 13.8 Å². The Morgan fingerprint density at radius 2 is 1.43 bits per heavy atom. The number of aldehydes is 1. The van der Waals surface area contributed by atoms with E-state index in [2.05, 4.69) is 16.0 Å². The van der Waals surface area contributed by atoms with Crippen LogP contribution >= 0.6 is 0 Å². The molecule has 0 fully saturated rings. The molecule has 0 saturated carbocycles. The second kappa shape index (κ2) is 9.80. The summed E-state index contributed by atoms with van der Waals surface area (Å²) in [7, 11) is 0. The van der Waals surface area contributed by atoms with Crippen LogP contribution in [0.4, 0.5) is 21.9 Å². The number of nitrogens with zero attached hydrogens (tertiary/aromatic N) is 1. The third-order valence-electron chi connectivity index (χ3n) is 5.92. The van der Waals surface area contributed by atoms with E-state index in [1.807, 2.05) is 38.1 Å². The fourth-order valence-electron chi connectivity index (χ4n) is 4.19. The average molecular weight is 471 g/mol. The number of hydrogen-bond acceptors (Lipinski definition) is 4. The Morgan fingerprint density at radius 3 is 2.03 bits per heavy atom. The van der Waals surface area contributed by atoms with E-state index < -0.39 is 23.4 Å². The highest BCUT2D eigenvalue weighted by atomic mass is 16.2. The summed E-state index contributed by atoms with van der Waals surface area (Å²) in [6.07, 6.45) is 0.261. The first-order valence-corrected chi connectivity index (χ1v) is 11.2. The monoisotopic (exact) mass is 470 g/mol. The first kappa shape index (κ1) is 23.7. The highest BCUT2D eigenvalue weighted by Gasteiger charge is 2.53. The first-order valence-electron chi connectivity index (χ1n) is 11.2. The highest BCUT2D eigenvalue weighted by molar-refractivity contribution is 6.13. The molecule has 0 saturated heterocycles. The van der Waals surface area contributed by atoms with Gasteiger partial charge in [0, 0.05) is 16.9 Å². The topological polar surface area (TPSA) is 108 Å². The van der Waals surface area contributed by atoms with Gasteiger partial charge >= 0.3 is 6.03 Å². The Hall–Kier alpha value is -4.46. The molecule has 8 nitrogen and oxygen atoms in total. The lowest BCUT2D eigenvalue weighted by atomic mass is 9.87. The molecule has 3 aromatic rings. The molecule has 0 aromatic heterocycles. The van der Waals surface area contributed by atoms with Gasteiger partial charge in [0.2, 0.25) is 5.91 Å². The van der Waals surface area contributed by atoms with Gasteiger partial charge in [0.1, 0.15) is 6.29 Å². The predicted molar refractivity (Wildman–Crippen MR) is 134 cm³/mol. The van der Waals surface area contributed by atoms with Crippen molar-refractivity contribution in [2.24, 2.45) is 0 Å². The first-order chi connectivity index (χ1) is 16.8. The lowest BCUT2D eigenvalue weighted by molar-refractivity contribution is -0.128. The maximum Gasteiger partial charge on any atom is 0.320 e. The van der Waals surface area contributed by atoms with Gasteiger partial charge in [-0.25, -0.2) is 4.79 Å². The van der Waals surface area contributed by atoms with Crippen molar-refractivity contribution in [3.63, 3.8) is 0 Å². The van der Waals surface area contributed by atoms with Gasteiger partial charge in [-0.2, -0.15) is 0 Å². The molecule has 0 bridgehead atoms. The van der Waals surface area contributed by atoms with Gasteiger partial charge in [-0.1, -0.05) is 53.6 Å². The van der Waals surface area contributed by atoms with Gasteiger partial charge in [0.25, 0.3) is 5.91 Å². The zero-order valence-electron chi connectivity index (χ0n) is 19.5. The van der Waals surface area contributed by atoms with Crippen molar-refractivity contribution in [2.75, 3.05) is 22.1 Å². The summed E-state index contributed by atoms with van der Waals surface area (Å²) in [5, 5.41) is 8.28. The summed E-state index contributed by atoms with van der Waals surface area (Å²) in [5.74, 6) is -1.01. The fourth-order valence-corrected chi connectivity index (χ4v) is 4.19. The molecule has 35 heavy (non-hydrogen) atoms. The normalized spacial score (nSPS) is 16.4. The van der Waals surface area contributed by atoms with Crippen LogP contribution in [0.2, 0.25) is 0 Å². The minimum absolute atomic E-state index is 0.196. The quantitative estimate of drug-likeness (QED) is 0.455. The molecule has 4 amide bonds. The van der Waals surface area contributed by atoms with Crippen LogP contribution in [0.25, 0.3) is 0 Å². The van der Waals surface area contributed by atoms with Crippen molar-refractivity contribution in [3.8, 4) is 0 Å². The number of fused-ring (bicyclic) bond motifs is 1. The van der Waals surface area contributed by atoms with Crippen LogP contribution in [-0.2, 0) is 19.9 Å². The van der Waals surface area contributed by atoms with Gasteiger partial charge in [0.15, 0.2) is 5.54 Å². The zero-order chi connectivity index (χ0) is 25.0. The van der Waals surface area contributed by atoms with E-state index >= 15 is 0 Å². The molecule has 4 rings (SSSR count). The van der Waals surface area contributed by atoms with Crippen molar-refractivity contribution < 1.29 is 19.2 Å². The molecular weight excluding hydrogens is 444 g/mol. The second-order valence-electron chi connectivity index (χ2n) is 8.54. The van der Waals surface area contributed by atoms with Crippen LogP contribution in [0.15, 0.2) is 72.8 Å². The second-order valence-corrected chi connectivity index (χ2v) is 8.54. The molecule has 1 aliphatic heterocycles. The molecule has 3 aromatic carbocycles. The van der Waals surface area contributed by atoms with E-state index in [9.17, 15) is 19.2 Å². The van der Waals surface area contributed by atoms with E-state index in [1.165, 1.54) is 4.90 Å². The molecule has 1 heterocycles. The molecule has 0 radical (unpaired) electrons. The lowest BCUT2D eigenvalue weighted by Crippen LogP contribution is -2.56. The number of anilines is 3. The Balaban J connectivity index is 1.67. The molecule has 1 atom stereocenters. The van der Waals surface area contributed by atoms with E-state index in [4.69, 9.17) is 0 Å². The average Bonchev–Trinajstić information content (AvgIpc) is 3.05. The summed E-state index contributed by atoms with van der Waals surface area (Å²) in [5.41, 5.74) is 2.42. The van der Waals surface area contributed by atoms with Crippen LogP contribution in [-0.4, -0.2) is 30.7 Å². The van der Waals surface area contributed by atoms with Crippen LogP contribution in [0.3, 0.4) is 0 Å². The Morgan fingerprint density at radius 1 is 0.857 bits per heavy atom. The van der Waals surface area contributed by atoms with Crippen molar-refractivity contribution >= 4 is 41.2 Å². The Bertz CT molecular complexity index is 1210. The Kier molecular flexibility index (Phi) is 6.64. The molecule has 0 aliphatic carbocycles. The number of aryl methyl sites for hydroxylation is 2. The predicted octanol–water partition coefficient (Wildman–Crippen LogP) is 3.89. The molecule has 0 spiro atoms. The van der Waals surface area contributed by atoms with Gasteiger partial charge in [-0.3, -0.25) is 9.59 Å². The fraction of sp³-hybridized carbons (Fsp3) is 0.185. The van der Waals surface area contributed by atoms with Gasteiger partial charge in [0.05, 0.1) is 18.7 Å². The molecule has 3 N–H and O–H groups in total. The van der Waals surface area contributed by atoms with Crippen LogP contribution < -0.4 is 20.9 Å². The van der Waals surface area contributed by atoms with Gasteiger partial charge < -0.3 is 25.6 Å². The van der Waals surface area contributed by atoms with Gasteiger partial charge in [-0.05, 0) is 44.2 Å². The minimum Gasteiger partial charge on any atom is -0.326 e. The minimum atomic E-state index is -1.69. The summed E-state index contributed by atoms with van der Waals surface area (Å²) in [6.45, 7) is 3.67. The van der Waals surface area contributed by atoms with Crippen molar-refractivity contribution in [1.82, 2.24) is 5.32 Å². The molecule has 1 unspecified atom stereocenters. The number of urea groups is 1. The number of hydrogen-bond donors (Lipinski definition) is 3. The number of carbonyl (C=O) groups is 4. The number of para-hydroxylation sites is 1.